The van der Waals surface area contributed by atoms with Gasteiger partial charge in [-0.25, -0.2) is 4.39 Å². The Morgan fingerprint density at radius 2 is 1.52 bits per heavy atom. The van der Waals surface area contributed by atoms with Crippen molar-refractivity contribution in [3.8, 4) is 0 Å². The third-order valence-corrected chi connectivity index (χ3v) is 5.82. The Hall–Kier alpha value is -1.16. The second-order valence-corrected chi connectivity index (χ2v) is 11.8. The second-order valence-electron chi connectivity index (χ2n) is 6.30. The normalized spacial score (nSPS) is 11.7. The third-order valence-electron chi connectivity index (χ3n) is 3.46. The van der Waals surface area contributed by atoms with Gasteiger partial charge in [-0.05, 0) is 23.3 Å². The van der Waals surface area contributed by atoms with E-state index in [0.717, 1.165) is 12.1 Å². The molecule has 0 fully saturated rings. The van der Waals surface area contributed by atoms with Crippen LogP contribution in [0.4, 0.5) is 4.39 Å². The van der Waals surface area contributed by atoms with Crippen molar-refractivity contribution in [2.45, 2.75) is 32.7 Å². The fourth-order valence-corrected chi connectivity index (χ4v) is 3.49. The number of hydrogen-bond acceptors (Lipinski definition) is 1. The molecule has 112 valence electrons. The summed E-state index contributed by atoms with van der Waals surface area (Å²) in [5.41, 5.74) is 2.24. The van der Waals surface area contributed by atoms with Crippen LogP contribution in [0.15, 0.2) is 42.5 Å². The van der Waals surface area contributed by atoms with Gasteiger partial charge >= 0.3 is 0 Å². The van der Waals surface area contributed by atoms with Gasteiger partial charge in [0.25, 0.3) is 0 Å². The quantitative estimate of drug-likeness (QED) is 0.809. The molecule has 2 aromatic rings. The summed E-state index contributed by atoms with van der Waals surface area (Å²) in [4.78, 5) is 0. The maximum absolute atomic E-state index is 13.1. The van der Waals surface area contributed by atoms with Crippen LogP contribution in [0.25, 0.3) is 0 Å². The molecule has 0 aromatic heterocycles. The van der Waals surface area contributed by atoms with Crippen molar-refractivity contribution in [3.63, 3.8) is 0 Å². The zero-order valence-corrected chi connectivity index (χ0v) is 14.5. The summed E-state index contributed by atoms with van der Waals surface area (Å²) in [6, 6.07) is 13.6. The van der Waals surface area contributed by atoms with Crippen LogP contribution >= 0.6 is 11.6 Å². The highest BCUT2D eigenvalue weighted by atomic mass is 35.5. The van der Waals surface area contributed by atoms with E-state index >= 15 is 0 Å². The molecule has 0 saturated heterocycles. The van der Waals surface area contributed by atoms with Gasteiger partial charge in [-0.1, -0.05) is 66.8 Å². The van der Waals surface area contributed by atoms with Gasteiger partial charge in [0, 0.05) is 13.1 Å². The molecule has 0 aliphatic rings. The van der Waals surface area contributed by atoms with Gasteiger partial charge in [0.15, 0.2) is 0 Å². The Labute approximate surface area is 132 Å². The van der Waals surface area contributed by atoms with Crippen molar-refractivity contribution < 1.29 is 4.39 Å². The van der Waals surface area contributed by atoms with Crippen LogP contribution < -0.4 is 10.5 Å². The zero-order valence-electron chi connectivity index (χ0n) is 12.7. The van der Waals surface area contributed by atoms with Gasteiger partial charge in [0.2, 0.25) is 0 Å². The van der Waals surface area contributed by atoms with Gasteiger partial charge in [0.05, 0.1) is 13.1 Å². The average Bonchev–Trinajstić information content (AvgIpc) is 2.42. The summed E-state index contributed by atoms with van der Waals surface area (Å²) in [5.74, 6) is -0.373. The standard InChI is InChI=1S/C17H21ClFNSi/c1-21(2,3)15-7-4-13(5-8-15)11-20-12-14-6-9-17(19)16(18)10-14/h4-10,20H,11-12H2,1-3H3. The highest BCUT2D eigenvalue weighted by Gasteiger charge is 2.15. The van der Waals surface area contributed by atoms with E-state index in [-0.39, 0.29) is 10.8 Å². The van der Waals surface area contributed by atoms with Crippen molar-refractivity contribution in [1.29, 1.82) is 0 Å². The molecule has 0 atom stereocenters. The molecule has 0 amide bonds. The smallest absolute Gasteiger partial charge is 0.141 e. The summed E-state index contributed by atoms with van der Waals surface area (Å²) in [5, 5.41) is 5.00. The SMILES string of the molecule is C[Si](C)(C)c1ccc(CNCc2ccc(F)c(Cl)c2)cc1. The predicted octanol–water partition coefficient (Wildman–Crippen LogP) is 4.31. The van der Waals surface area contributed by atoms with Gasteiger partial charge in [-0.2, -0.15) is 0 Å². The highest BCUT2D eigenvalue weighted by Crippen LogP contribution is 2.15. The van der Waals surface area contributed by atoms with Gasteiger partial charge in [0.1, 0.15) is 5.82 Å². The largest absolute Gasteiger partial charge is 0.309 e. The lowest BCUT2D eigenvalue weighted by Gasteiger charge is -2.16. The zero-order chi connectivity index (χ0) is 15.5. The summed E-state index contributed by atoms with van der Waals surface area (Å²) in [7, 11) is -1.22. The molecule has 4 heteroatoms. The summed E-state index contributed by atoms with van der Waals surface area (Å²) < 4.78 is 13.1. The Morgan fingerprint density at radius 1 is 0.952 bits per heavy atom. The Morgan fingerprint density at radius 3 is 2.10 bits per heavy atom. The molecule has 0 spiro atoms. The number of benzene rings is 2. The first-order valence-electron chi connectivity index (χ1n) is 7.10. The van der Waals surface area contributed by atoms with Crippen LogP contribution in [-0.2, 0) is 13.1 Å². The van der Waals surface area contributed by atoms with Crippen molar-refractivity contribution in [3.05, 3.63) is 64.4 Å². The first kappa shape index (κ1) is 16.2. The van der Waals surface area contributed by atoms with Crippen molar-refractivity contribution in [2.75, 3.05) is 0 Å². The maximum atomic E-state index is 13.1. The first-order valence-corrected chi connectivity index (χ1v) is 11.0. The Bertz CT molecular complexity index is 605. The molecule has 2 aromatic carbocycles. The molecule has 0 bridgehead atoms. The summed E-state index contributed by atoms with van der Waals surface area (Å²) in [6.45, 7) is 8.51. The molecule has 21 heavy (non-hydrogen) atoms. The van der Waals surface area contributed by atoms with Crippen molar-refractivity contribution in [2.24, 2.45) is 0 Å². The van der Waals surface area contributed by atoms with Crippen molar-refractivity contribution in [1.82, 2.24) is 5.32 Å². The van der Waals surface area contributed by atoms with Crippen LogP contribution in [0, 0.1) is 5.82 Å². The van der Waals surface area contributed by atoms with Crippen molar-refractivity contribution >= 4 is 24.9 Å². The molecular weight excluding hydrogens is 301 g/mol. The summed E-state index contributed by atoms with van der Waals surface area (Å²) in [6.07, 6.45) is 0. The van der Waals surface area contributed by atoms with E-state index in [1.807, 2.05) is 0 Å². The minimum atomic E-state index is -1.22. The molecule has 0 saturated carbocycles. The lowest BCUT2D eigenvalue weighted by atomic mass is 10.2. The number of halogens is 2. The van der Waals surface area contributed by atoms with Gasteiger partial charge in [-0.15, -0.1) is 0 Å². The van der Waals surface area contributed by atoms with Crippen LogP contribution in [0.2, 0.25) is 24.7 Å². The van der Waals surface area contributed by atoms with Crippen LogP contribution in [0.3, 0.4) is 0 Å². The fourth-order valence-electron chi connectivity index (χ4n) is 2.12. The van der Waals surface area contributed by atoms with Gasteiger partial charge in [-0.3, -0.25) is 0 Å². The molecule has 1 N–H and O–H groups in total. The average molecular weight is 322 g/mol. The van der Waals surface area contributed by atoms with Crippen LogP contribution in [-0.4, -0.2) is 8.07 Å². The Balaban J connectivity index is 1.90. The maximum Gasteiger partial charge on any atom is 0.141 e. The molecule has 0 heterocycles. The number of nitrogens with one attached hydrogen (secondary N) is 1. The molecule has 0 aliphatic heterocycles. The minimum absolute atomic E-state index is 0.175. The monoisotopic (exact) mass is 321 g/mol. The molecular formula is C17H21ClFNSi. The molecule has 0 radical (unpaired) electrons. The van der Waals surface area contributed by atoms with E-state index in [2.05, 4.69) is 49.2 Å². The fraction of sp³-hybridized carbons (Fsp3) is 0.294. The predicted molar refractivity (Wildman–Crippen MR) is 91.4 cm³/mol. The van der Waals surface area contributed by atoms with E-state index in [1.165, 1.54) is 16.8 Å². The molecule has 0 unspecified atom stereocenters. The summed E-state index contributed by atoms with van der Waals surface area (Å²) >= 11 is 5.77. The topological polar surface area (TPSA) is 12.0 Å². The Kier molecular flexibility index (Phi) is 5.20. The van der Waals surface area contributed by atoms with E-state index in [0.29, 0.717) is 6.54 Å². The minimum Gasteiger partial charge on any atom is -0.309 e. The lowest BCUT2D eigenvalue weighted by Crippen LogP contribution is -2.37. The third kappa shape index (κ3) is 4.66. The highest BCUT2D eigenvalue weighted by molar-refractivity contribution is 6.88. The van der Waals surface area contributed by atoms with E-state index in [1.54, 1.807) is 12.1 Å². The lowest BCUT2D eigenvalue weighted by molar-refractivity contribution is 0.625. The van der Waals surface area contributed by atoms with E-state index in [9.17, 15) is 4.39 Å². The molecule has 2 rings (SSSR count). The second kappa shape index (κ2) is 6.73. The first-order chi connectivity index (χ1) is 9.86. The van der Waals surface area contributed by atoms with E-state index in [4.69, 9.17) is 11.6 Å². The van der Waals surface area contributed by atoms with Gasteiger partial charge < -0.3 is 5.32 Å². The number of hydrogen-bond donors (Lipinski definition) is 1. The molecule has 0 aliphatic carbocycles. The number of rotatable bonds is 5. The van der Waals surface area contributed by atoms with Crippen LogP contribution in [0.5, 0.6) is 0 Å². The van der Waals surface area contributed by atoms with E-state index < -0.39 is 8.07 Å². The molecule has 1 nitrogen and oxygen atoms in total. The van der Waals surface area contributed by atoms with Crippen LogP contribution in [0.1, 0.15) is 11.1 Å².